The van der Waals surface area contributed by atoms with Crippen molar-refractivity contribution in [2.45, 2.75) is 374 Å². The number of aliphatic hydroxyl groups excluding tert-OH is 13. The molecule has 27 heteroatoms. The highest BCUT2D eigenvalue weighted by atomic mass is 31.2. The van der Waals surface area contributed by atoms with E-state index in [9.17, 15) is 90.1 Å². The molecule has 0 aromatic rings. The van der Waals surface area contributed by atoms with E-state index in [1.807, 2.05) is 0 Å². The number of hydrogen-bond donors (Lipinski definition) is 16. The molecule has 3 aliphatic rings. The van der Waals surface area contributed by atoms with Crippen LogP contribution in [0.5, 0.6) is 0 Å². The summed E-state index contributed by atoms with van der Waals surface area (Å²) < 4.78 is 58.0. The number of aliphatic hydroxyl groups is 13. The average molecular weight is 1330 g/mol. The Morgan fingerprint density at radius 1 is 0.404 bits per heavy atom. The van der Waals surface area contributed by atoms with Gasteiger partial charge in [-0.2, -0.15) is 0 Å². The van der Waals surface area contributed by atoms with Crippen LogP contribution in [-0.2, 0) is 41.5 Å². The Morgan fingerprint density at radius 3 is 1.12 bits per heavy atom. The van der Waals surface area contributed by atoms with Crippen molar-refractivity contribution in [2.24, 2.45) is 0 Å². The Kier molecular flexibility index (Phi) is 42.8. The molecule has 19 atom stereocenters. The highest BCUT2D eigenvalue weighted by molar-refractivity contribution is 7.47. The zero-order valence-corrected chi connectivity index (χ0v) is 55.3. The van der Waals surface area contributed by atoms with Crippen LogP contribution in [0.2, 0.25) is 0 Å². The van der Waals surface area contributed by atoms with Crippen LogP contribution in [0.4, 0.5) is 0 Å². The van der Waals surface area contributed by atoms with Crippen LogP contribution in [0.1, 0.15) is 258 Å². The number of phosphoric acid groups is 2. The maximum Gasteiger partial charge on any atom is 0.472 e. The zero-order valence-electron chi connectivity index (χ0n) is 53.5. The monoisotopic (exact) mass is 1330 g/mol. The smallest absolute Gasteiger partial charge is 0.391 e. The summed E-state index contributed by atoms with van der Waals surface area (Å²) in [4.78, 5) is 34.9. The number of unbranched alkanes of at least 4 members (excludes halogenated alkanes) is 34. The van der Waals surface area contributed by atoms with E-state index in [1.54, 1.807) is 0 Å². The number of ether oxygens (including phenoxy) is 2. The summed E-state index contributed by atoms with van der Waals surface area (Å²) in [6.07, 6.45) is 3.85. The lowest BCUT2D eigenvalue weighted by atomic mass is 9.84. The standard InChI is InChI=1S/C62H121NO24P2/c1-3-5-7-9-11-13-15-17-18-19-20-21-22-23-24-25-26-28-30-32-34-36-38-40-46(65)63-43(44(64)39-37-35-33-31-29-27-16-14-12-10-8-6-4-2)41-82-88(78,79)87-61-57(76)53(72)52(71)56(75)60(61)85-62-58(77)48(67)47(66)45(84-62)42-83-89(80,81)86-59-54(73)50(69)49(68)51(70)55(59)74/h43-45,47-62,64,66-77H,3-42H2,1-2H3,(H,63,65)(H,78,79)(H,80,81). The van der Waals surface area contributed by atoms with Crippen LogP contribution >= 0.6 is 15.6 Å². The van der Waals surface area contributed by atoms with Crippen LogP contribution < -0.4 is 5.32 Å². The van der Waals surface area contributed by atoms with Crippen LogP contribution in [0, 0.1) is 0 Å². The second-order valence-electron chi connectivity index (χ2n) is 25.5. The SMILES string of the molecule is CCCCCCCCCCCCCCCCCCCCCCCCCC(=O)NC(COP(=O)(O)OC1C(O)C(O)C(O)C(O)C1OC1OC(COP(=O)(O)OC2C(O)C(O)C(O)C(O)C2O)C(O)C(O)C1O)C(O)CCCCCCCCCCCCCCC. The first-order valence-corrected chi connectivity index (χ1v) is 37.2. The molecule has 89 heavy (non-hydrogen) atoms. The van der Waals surface area contributed by atoms with Crippen molar-refractivity contribution in [3.8, 4) is 0 Å². The van der Waals surface area contributed by atoms with Crippen molar-refractivity contribution >= 4 is 21.6 Å². The number of carbonyl (C=O) groups excluding carboxylic acids is 1. The molecule has 0 radical (unpaired) electrons. The lowest BCUT2D eigenvalue weighted by molar-refractivity contribution is -0.337. The molecule has 3 fully saturated rings. The number of phosphoric ester groups is 2. The molecule has 3 rings (SSSR count). The number of hydrogen-bond acceptors (Lipinski definition) is 22. The molecule has 528 valence electrons. The molecular weight excluding hydrogens is 1200 g/mol. The molecule has 2 saturated carbocycles. The van der Waals surface area contributed by atoms with E-state index < -0.39 is 151 Å². The number of carbonyl (C=O) groups is 1. The van der Waals surface area contributed by atoms with E-state index in [4.69, 9.17) is 27.6 Å². The molecular formula is C62H121NO24P2. The fourth-order valence-electron chi connectivity index (χ4n) is 12.0. The minimum absolute atomic E-state index is 0.108. The maximum absolute atomic E-state index is 13.8. The van der Waals surface area contributed by atoms with Gasteiger partial charge in [0, 0.05) is 6.42 Å². The van der Waals surface area contributed by atoms with E-state index >= 15 is 0 Å². The Morgan fingerprint density at radius 2 is 0.719 bits per heavy atom. The van der Waals surface area contributed by atoms with Gasteiger partial charge in [-0.05, 0) is 12.8 Å². The van der Waals surface area contributed by atoms with E-state index in [2.05, 4.69) is 19.2 Å². The van der Waals surface area contributed by atoms with Gasteiger partial charge in [-0.3, -0.25) is 22.9 Å². The van der Waals surface area contributed by atoms with Gasteiger partial charge < -0.3 is 91.0 Å². The fourth-order valence-corrected chi connectivity index (χ4v) is 13.9. The van der Waals surface area contributed by atoms with Crippen LogP contribution in [0.25, 0.3) is 0 Å². The van der Waals surface area contributed by atoms with Crippen molar-refractivity contribution in [1.29, 1.82) is 0 Å². The van der Waals surface area contributed by atoms with Crippen molar-refractivity contribution in [3.63, 3.8) is 0 Å². The summed E-state index contributed by atoms with van der Waals surface area (Å²) in [6.45, 7) is 2.42. The molecule has 2 aliphatic carbocycles. The van der Waals surface area contributed by atoms with Crippen LogP contribution in [-0.4, -0.2) is 211 Å². The summed E-state index contributed by atoms with van der Waals surface area (Å²) in [6, 6.07) is -1.24. The third-order valence-corrected chi connectivity index (χ3v) is 19.8. The summed E-state index contributed by atoms with van der Waals surface area (Å²) in [5.41, 5.74) is 0. The predicted molar refractivity (Wildman–Crippen MR) is 332 cm³/mol. The van der Waals surface area contributed by atoms with Gasteiger partial charge in [0.2, 0.25) is 5.91 Å². The summed E-state index contributed by atoms with van der Waals surface area (Å²) in [7, 11) is -11.0. The third kappa shape index (κ3) is 31.7. The molecule has 1 heterocycles. The van der Waals surface area contributed by atoms with Gasteiger partial charge in [0.1, 0.15) is 97.7 Å². The highest BCUT2D eigenvalue weighted by Crippen LogP contribution is 2.49. The van der Waals surface area contributed by atoms with Gasteiger partial charge in [0.05, 0.1) is 25.4 Å². The zero-order chi connectivity index (χ0) is 65.8. The maximum atomic E-state index is 13.8. The first-order valence-electron chi connectivity index (χ1n) is 34.2. The molecule has 0 aromatic carbocycles. The first kappa shape index (κ1) is 82.3. The van der Waals surface area contributed by atoms with E-state index in [0.29, 0.717) is 12.8 Å². The fraction of sp³-hybridized carbons (Fsp3) is 0.984. The average Bonchev–Trinajstić information content (AvgIpc) is 1.54. The number of nitrogens with one attached hydrogen (secondary N) is 1. The van der Waals surface area contributed by atoms with E-state index in [-0.39, 0.29) is 12.8 Å². The normalized spacial score (nSPS) is 31.3. The Hall–Kier alpha value is -0.910. The minimum Gasteiger partial charge on any atom is -0.391 e. The van der Waals surface area contributed by atoms with Gasteiger partial charge in [-0.15, -0.1) is 0 Å². The summed E-state index contributed by atoms with van der Waals surface area (Å²) in [5.74, 6) is -0.435. The predicted octanol–water partition coefficient (Wildman–Crippen LogP) is 6.17. The largest absolute Gasteiger partial charge is 0.472 e. The highest BCUT2D eigenvalue weighted by Gasteiger charge is 2.56. The van der Waals surface area contributed by atoms with E-state index in [1.165, 1.54) is 161 Å². The summed E-state index contributed by atoms with van der Waals surface area (Å²) in [5, 5.41) is 141. The lowest BCUT2D eigenvalue weighted by Gasteiger charge is -2.47. The molecule has 1 aliphatic heterocycles. The Labute approximate surface area is 529 Å². The molecule has 0 spiro atoms. The van der Waals surface area contributed by atoms with Gasteiger partial charge >= 0.3 is 15.6 Å². The van der Waals surface area contributed by atoms with Crippen molar-refractivity contribution in [2.75, 3.05) is 13.2 Å². The molecule has 1 amide bonds. The van der Waals surface area contributed by atoms with Crippen LogP contribution in [0.15, 0.2) is 0 Å². The van der Waals surface area contributed by atoms with Crippen molar-refractivity contribution < 1.29 is 118 Å². The quantitative estimate of drug-likeness (QED) is 0.0239. The Bertz CT molecular complexity index is 1890. The number of rotatable bonds is 52. The Balaban J connectivity index is 1.54. The number of amides is 1. The third-order valence-electron chi connectivity index (χ3n) is 17.8. The van der Waals surface area contributed by atoms with Gasteiger partial charge in [0.25, 0.3) is 0 Å². The molecule has 25 nitrogen and oxygen atoms in total. The first-order chi connectivity index (χ1) is 42.5. The van der Waals surface area contributed by atoms with Crippen LogP contribution in [0.3, 0.4) is 0 Å². The minimum atomic E-state index is -5.51. The van der Waals surface area contributed by atoms with E-state index in [0.717, 1.165) is 57.8 Å². The molecule has 0 bridgehead atoms. The van der Waals surface area contributed by atoms with Gasteiger partial charge in [-0.1, -0.05) is 239 Å². The van der Waals surface area contributed by atoms with Gasteiger partial charge in [-0.25, -0.2) is 9.13 Å². The second kappa shape index (κ2) is 46.3. The molecule has 0 aromatic heterocycles. The van der Waals surface area contributed by atoms with Crippen molar-refractivity contribution in [1.82, 2.24) is 5.32 Å². The molecule has 16 N–H and O–H groups in total. The second-order valence-corrected chi connectivity index (χ2v) is 28.3. The molecule has 19 unspecified atom stereocenters. The lowest BCUT2D eigenvalue weighted by Crippen LogP contribution is -2.67. The van der Waals surface area contributed by atoms with Crippen molar-refractivity contribution in [3.05, 3.63) is 0 Å². The summed E-state index contributed by atoms with van der Waals surface area (Å²) >= 11 is 0. The van der Waals surface area contributed by atoms with Gasteiger partial charge in [0.15, 0.2) is 6.29 Å². The topological polar surface area (TPSA) is 422 Å². The molecule has 1 saturated heterocycles.